The summed E-state index contributed by atoms with van der Waals surface area (Å²) in [6.07, 6.45) is 7.47. The number of ether oxygens (including phenoxy) is 2. The van der Waals surface area contributed by atoms with E-state index in [1.165, 1.54) is 6.07 Å². The van der Waals surface area contributed by atoms with Crippen LogP contribution in [0, 0.1) is 11.6 Å². The number of nitrogens with two attached hydrogens (primary N) is 1. The molecule has 4 rings (SSSR count). The van der Waals surface area contributed by atoms with Gasteiger partial charge in [0.15, 0.2) is 0 Å². The van der Waals surface area contributed by atoms with E-state index in [2.05, 4.69) is 15.3 Å². The fraction of sp³-hybridized carbons (Fsp3) is 0.360. The van der Waals surface area contributed by atoms with Gasteiger partial charge in [-0.3, -0.25) is 4.98 Å². The van der Waals surface area contributed by atoms with Crippen LogP contribution in [0.1, 0.15) is 24.0 Å². The van der Waals surface area contributed by atoms with Crippen molar-refractivity contribution in [3.05, 3.63) is 71.4 Å². The Labute approximate surface area is 191 Å². The van der Waals surface area contributed by atoms with Gasteiger partial charge in [-0.1, -0.05) is 12.2 Å². The molecule has 0 spiro atoms. The van der Waals surface area contributed by atoms with Crippen LogP contribution in [0.4, 0.5) is 8.78 Å². The van der Waals surface area contributed by atoms with Gasteiger partial charge in [-0.15, -0.1) is 0 Å². The molecule has 1 aromatic carbocycles. The second-order valence-electron chi connectivity index (χ2n) is 8.18. The minimum absolute atomic E-state index is 0.0474. The highest BCUT2D eigenvalue weighted by Gasteiger charge is 2.26. The van der Waals surface area contributed by atoms with Gasteiger partial charge in [-0.2, -0.15) is 0 Å². The third kappa shape index (κ3) is 5.90. The summed E-state index contributed by atoms with van der Waals surface area (Å²) < 4.78 is 38.2. The Hall–Kier alpha value is -2.94. The van der Waals surface area contributed by atoms with Crippen LogP contribution in [0.15, 0.2) is 48.7 Å². The zero-order chi connectivity index (χ0) is 23.2. The zero-order valence-electron chi connectivity index (χ0n) is 18.5. The van der Waals surface area contributed by atoms with E-state index in [-0.39, 0.29) is 23.8 Å². The predicted octanol–water partition coefficient (Wildman–Crippen LogP) is 3.64. The molecule has 8 heteroatoms. The molecule has 3 aromatic rings. The molecule has 1 fully saturated rings. The van der Waals surface area contributed by atoms with Crippen LogP contribution < -0.4 is 15.8 Å². The fourth-order valence-corrected chi connectivity index (χ4v) is 4.06. The molecule has 0 saturated carbocycles. The zero-order valence-corrected chi connectivity index (χ0v) is 18.5. The van der Waals surface area contributed by atoms with Crippen molar-refractivity contribution in [1.82, 2.24) is 15.3 Å². The van der Waals surface area contributed by atoms with Gasteiger partial charge in [-0.25, -0.2) is 13.8 Å². The van der Waals surface area contributed by atoms with E-state index < -0.39 is 11.6 Å². The molecule has 0 amide bonds. The molecule has 174 valence electrons. The first-order valence-corrected chi connectivity index (χ1v) is 11.0. The minimum atomic E-state index is -0.457. The van der Waals surface area contributed by atoms with Crippen LogP contribution >= 0.6 is 0 Å². The lowest BCUT2D eigenvalue weighted by Gasteiger charge is -2.33. The van der Waals surface area contributed by atoms with Crippen LogP contribution in [-0.2, 0) is 11.2 Å². The van der Waals surface area contributed by atoms with E-state index >= 15 is 0 Å². The molecule has 6 nitrogen and oxygen atoms in total. The van der Waals surface area contributed by atoms with E-state index in [1.807, 2.05) is 12.1 Å². The first kappa shape index (κ1) is 23.2. The number of fused-ring (bicyclic) bond motifs is 1. The molecule has 0 radical (unpaired) electrons. The number of halogens is 2. The van der Waals surface area contributed by atoms with Crippen molar-refractivity contribution in [3.63, 3.8) is 0 Å². The number of hydrogen-bond acceptors (Lipinski definition) is 6. The quantitative estimate of drug-likeness (QED) is 0.541. The van der Waals surface area contributed by atoms with Crippen molar-refractivity contribution in [2.24, 2.45) is 5.73 Å². The van der Waals surface area contributed by atoms with Crippen molar-refractivity contribution in [3.8, 4) is 5.88 Å². The standard InChI is InChI=1S/C25H28F2N4O2/c1-32-24-9-7-22-25(31-24)17(10-12-30-22)14-21(28)23-8-5-19(15-33-23)29-11-2-3-16-13-18(26)4-6-20(16)27/h2-4,6-7,9-10,12-13,19,21,23,29H,5,8,11,14-15,28H2,1H3/b3-2+/t19-,21?,23+/m1/s1. The van der Waals surface area contributed by atoms with Gasteiger partial charge in [0.25, 0.3) is 0 Å². The summed E-state index contributed by atoms with van der Waals surface area (Å²) in [4.78, 5) is 8.90. The number of pyridine rings is 2. The third-order valence-corrected chi connectivity index (χ3v) is 5.88. The van der Waals surface area contributed by atoms with E-state index in [9.17, 15) is 8.78 Å². The summed E-state index contributed by atoms with van der Waals surface area (Å²) in [6.45, 7) is 1.08. The summed E-state index contributed by atoms with van der Waals surface area (Å²) in [7, 11) is 1.59. The minimum Gasteiger partial charge on any atom is -0.481 e. The molecular formula is C25H28F2N4O2. The summed E-state index contributed by atoms with van der Waals surface area (Å²) in [5, 5.41) is 3.37. The lowest BCUT2D eigenvalue weighted by molar-refractivity contribution is -0.0156. The first-order valence-electron chi connectivity index (χ1n) is 11.0. The SMILES string of the molecule is COc1ccc2nccc(CC(N)[C@@H]3CC[C@@H](NC/C=C/c4cc(F)ccc4F)CO3)c2n1. The van der Waals surface area contributed by atoms with Crippen molar-refractivity contribution in [2.45, 2.75) is 37.5 Å². The van der Waals surface area contributed by atoms with Crippen molar-refractivity contribution < 1.29 is 18.3 Å². The largest absolute Gasteiger partial charge is 0.481 e. The van der Waals surface area contributed by atoms with Gasteiger partial charge in [0.1, 0.15) is 11.6 Å². The second kappa shape index (κ2) is 10.8. The summed E-state index contributed by atoms with van der Waals surface area (Å²) in [5.41, 5.74) is 9.35. The highest BCUT2D eigenvalue weighted by atomic mass is 19.1. The monoisotopic (exact) mass is 454 g/mol. The first-order chi connectivity index (χ1) is 16.0. The number of hydrogen-bond donors (Lipinski definition) is 2. The molecule has 1 aliphatic rings. The maximum absolute atomic E-state index is 13.7. The number of nitrogens with zero attached hydrogens (tertiary/aromatic N) is 2. The van der Waals surface area contributed by atoms with Gasteiger partial charge >= 0.3 is 0 Å². The van der Waals surface area contributed by atoms with Gasteiger partial charge < -0.3 is 20.5 Å². The smallest absolute Gasteiger partial charge is 0.213 e. The van der Waals surface area contributed by atoms with Crippen LogP contribution in [0.2, 0.25) is 0 Å². The van der Waals surface area contributed by atoms with E-state index in [4.69, 9.17) is 15.2 Å². The molecule has 3 N–H and O–H groups in total. The highest BCUT2D eigenvalue weighted by Crippen LogP contribution is 2.23. The number of methoxy groups -OCH3 is 1. The van der Waals surface area contributed by atoms with Crippen LogP contribution in [-0.4, -0.2) is 48.4 Å². The highest BCUT2D eigenvalue weighted by molar-refractivity contribution is 5.78. The predicted molar refractivity (Wildman–Crippen MR) is 124 cm³/mol. The number of aromatic nitrogens is 2. The topological polar surface area (TPSA) is 82.3 Å². The van der Waals surface area contributed by atoms with Crippen molar-refractivity contribution in [2.75, 3.05) is 20.3 Å². The van der Waals surface area contributed by atoms with Gasteiger partial charge in [0.05, 0.1) is 30.9 Å². The van der Waals surface area contributed by atoms with E-state index in [0.29, 0.717) is 25.5 Å². The van der Waals surface area contributed by atoms with E-state index in [1.54, 1.807) is 31.5 Å². The fourth-order valence-electron chi connectivity index (χ4n) is 4.06. The second-order valence-corrected chi connectivity index (χ2v) is 8.18. The Morgan fingerprint density at radius 2 is 2.12 bits per heavy atom. The van der Waals surface area contributed by atoms with E-state index in [0.717, 1.165) is 41.6 Å². The average molecular weight is 455 g/mol. The van der Waals surface area contributed by atoms with Gasteiger partial charge in [0.2, 0.25) is 5.88 Å². The Morgan fingerprint density at radius 1 is 1.24 bits per heavy atom. The Bertz CT molecular complexity index is 1120. The molecule has 0 aliphatic carbocycles. The Kier molecular flexibility index (Phi) is 7.59. The summed E-state index contributed by atoms with van der Waals surface area (Å²) in [5.74, 6) is -0.356. The van der Waals surface area contributed by atoms with Gasteiger partial charge in [0, 0.05) is 36.5 Å². The number of rotatable bonds is 8. The normalized spacial score (nSPS) is 19.8. The molecule has 33 heavy (non-hydrogen) atoms. The summed E-state index contributed by atoms with van der Waals surface area (Å²) in [6, 6.07) is 9.05. The summed E-state index contributed by atoms with van der Waals surface area (Å²) >= 11 is 0. The Balaban J connectivity index is 1.27. The van der Waals surface area contributed by atoms with Crippen molar-refractivity contribution >= 4 is 17.1 Å². The third-order valence-electron chi connectivity index (χ3n) is 5.88. The molecule has 1 saturated heterocycles. The maximum atomic E-state index is 13.7. The lowest BCUT2D eigenvalue weighted by Crippen LogP contribution is -2.47. The number of nitrogens with one attached hydrogen (secondary N) is 1. The molecule has 2 aromatic heterocycles. The number of benzene rings is 1. The Morgan fingerprint density at radius 3 is 2.91 bits per heavy atom. The molecule has 0 bridgehead atoms. The maximum Gasteiger partial charge on any atom is 0.213 e. The molecule has 1 unspecified atom stereocenters. The molecule has 3 atom stereocenters. The molecular weight excluding hydrogens is 426 g/mol. The molecule has 1 aliphatic heterocycles. The van der Waals surface area contributed by atoms with Crippen LogP contribution in [0.3, 0.4) is 0 Å². The lowest BCUT2D eigenvalue weighted by atomic mass is 9.95. The van der Waals surface area contributed by atoms with Gasteiger partial charge in [-0.05, 0) is 55.2 Å². The molecule has 3 heterocycles. The van der Waals surface area contributed by atoms with Crippen LogP contribution in [0.5, 0.6) is 5.88 Å². The van der Waals surface area contributed by atoms with Crippen molar-refractivity contribution in [1.29, 1.82) is 0 Å². The van der Waals surface area contributed by atoms with Crippen LogP contribution in [0.25, 0.3) is 17.1 Å². The average Bonchev–Trinajstić information content (AvgIpc) is 2.84.